The third kappa shape index (κ3) is 4.44. The lowest BCUT2D eigenvalue weighted by atomic mass is 9.86. The molecule has 0 amide bonds. The van der Waals surface area contributed by atoms with Gasteiger partial charge in [0.1, 0.15) is 0 Å². The van der Waals surface area contributed by atoms with Gasteiger partial charge in [0.15, 0.2) is 0 Å². The summed E-state index contributed by atoms with van der Waals surface area (Å²) in [6, 6.07) is 0. The zero-order chi connectivity index (χ0) is 13.0. The van der Waals surface area contributed by atoms with Crippen LogP contribution >= 0.6 is 0 Å². The summed E-state index contributed by atoms with van der Waals surface area (Å²) in [5.74, 6) is -2.30. The second-order valence-corrected chi connectivity index (χ2v) is 5.74. The van der Waals surface area contributed by atoms with Gasteiger partial charge in [0, 0.05) is 39.0 Å². The predicted molar refractivity (Wildman–Crippen MR) is 67.0 cm³/mol. The number of nitrogens with zero attached hydrogens (tertiary/aromatic N) is 1. The van der Waals surface area contributed by atoms with Crippen LogP contribution in [0, 0.1) is 5.92 Å². The van der Waals surface area contributed by atoms with Crippen LogP contribution in [0.1, 0.15) is 25.7 Å². The molecule has 0 radical (unpaired) electrons. The van der Waals surface area contributed by atoms with Crippen molar-refractivity contribution >= 4 is 0 Å². The number of halogens is 2. The van der Waals surface area contributed by atoms with Crippen molar-refractivity contribution in [2.24, 2.45) is 5.92 Å². The standard InChI is InChI=1S/C13H24F2N2O/c1-17(10-12-8-16-5-6-18-12)9-11-3-2-4-13(14,15)7-11/h11-12,16H,2-10H2,1H3. The molecule has 2 aliphatic rings. The first kappa shape index (κ1) is 14.2. The van der Waals surface area contributed by atoms with Gasteiger partial charge < -0.3 is 15.0 Å². The van der Waals surface area contributed by atoms with E-state index in [1.54, 1.807) is 0 Å². The van der Waals surface area contributed by atoms with Crippen molar-refractivity contribution < 1.29 is 13.5 Å². The molecular formula is C13H24F2N2O. The Bertz CT molecular complexity index is 257. The maximum absolute atomic E-state index is 13.3. The van der Waals surface area contributed by atoms with Crippen molar-refractivity contribution in [1.82, 2.24) is 10.2 Å². The molecule has 1 heterocycles. The number of likely N-dealkylation sites (N-methyl/N-ethyl adjacent to an activating group) is 1. The Balaban J connectivity index is 1.71. The lowest BCUT2D eigenvalue weighted by molar-refractivity contribution is -0.0586. The molecule has 0 aromatic carbocycles. The molecule has 1 N–H and O–H groups in total. The normalized spacial score (nSPS) is 32.7. The maximum Gasteiger partial charge on any atom is 0.248 e. The molecule has 1 saturated heterocycles. The molecule has 1 aliphatic heterocycles. The Morgan fingerprint density at radius 2 is 2.22 bits per heavy atom. The molecule has 3 nitrogen and oxygen atoms in total. The lowest BCUT2D eigenvalue weighted by Gasteiger charge is -2.33. The van der Waals surface area contributed by atoms with Crippen LogP contribution in [0.3, 0.4) is 0 Å². The minimum Gasteiger partial charge on any atom is -0.374 e. The van der Waals surface area contributed by atoms with E-state index < -0.39 is 5.92 Å². The zero-order valence-corrected chi connectivity index (χ0v) is 11.1. The molecule has 18 heavy (non-hydrogen) atoms. The van der Waals surface area contributed by atoms with E-state index in [-0.39, 0.29) is 24.9 Å². The topological polar surface area (TPSA) is 24.5 Å². The van der Waals surface area contributed by atoms with Crippen LogP contribution in [-0.4, -0.2) is 56.8 Å². The summed E-state index contributed by atoms with van der Waals surface area (Å²) >= 11 is 0. The van der Waals surface area contributed by atoms with Gasteiger partial charge in [-0.25, -0.2) is 8.78 Å². The smallest absolute Gasteiger partial charge is 0.248 e. The highest BCUT2D eigenvalue weighted by molar-refractivity contribution is 4.81. The van der Waals surface area contributed by atoms with Gasteiger partial charge in [0.25, 0.3) is 0 Å². The van der Waals surface area contributed by atoms with Crippen LogP contribution < -0.4 is 5.32 Å². The summed E-state index contributed by atoms with van der Waals surface area (Å²) in [6.45, 7) is 4.12. The van der Waals surface area contributed by atoms with E-state index >= 15 is 0 Å². The average Bonchev–Trinajstić information content (AvgIpc) is 2.28. The van der Waals surface area contributed by atoms with Gasteiger partial charge in [0.2, 0.25) is 5.92 Å². The number of morpholine rings is 1. The van der Waals surface area contributed by atoms with Crippen LogP contribution in [0.2, 0.25) is 0 Å². The molecule has 2 unspecified atom stereocenters. The van der Waals surface area contributed by atoms with E-state index in [0.29, 0.717) is 6.42 Å². The Morgan fingerprint density at radius 1 is 1.39 bits per heavy atom. The monoisotopic (exact) mass is 262 g/mol. The summed E-state index contributed by atoms with van der Waals surface area (Å²) in [5, 5.41) is 3.29. The van der Waals surface area contributed by atoms with Crippen molar-refractivity contribution in [3.05, 3.63) is 0 Å². The molecule has 2 atom stereocenters. The molecule has 5 heteroatoms. The van der Waals surface area contributed by atoms with E-state index in [2.05, 4.69) is 10.2 Å². The Morgan fingerprint density at radius 3 is 2.89 bits per heavy atom. The summed E-state index contributed by atoms with van der Waals surface area (Å²) in [7, 11) is 2.00. The highest BCUT2D eigenvalue weighted by Crippen LogP contribution is 2.36. The molecule has 106 valence electrons. The van der Waals surface area contributed by atoms with Gasteiger partial charge in [-0.15, -0.1) is 0 Å². The van der Waals surface area contributed by atoms with Crippen LogP contribution in [0.25, 0.3) is 0 Å². The van der Waals surface area contributed by atoms with Gasteiger partial charge in [-0.05, 0) is 25.8 Å². The number of nitrogens with one attached hydrogen (secondary N) is 1. The second-order valence-electron chi connectivity index (χ2n) is 5.74. The van der Waals surface area contributed by atoms with Gasteiger partial charge >= 0.3 is 0 Å². The third-order valence-electron chi connectivity index (χ3n) is 3.83. The van der Waals surface area contributed by atoms with E-state index in [0.717, 1.165) is 39.2 Å². The maximum atomic E-state index is 13.3. The SMILES string of the molecule is CN(CC1CCCC(F)(F)C1)CC1CNCCO1. The van der Waals surface area contributed by atoms with Crippen molar-refractivity contribution in [3.8, 4) is 0 Å². The molecule has 2 rings (SSSR count). The molecule has 1 aliphatic carbocycles. The molecule has 0 spiro atoms. The molecule has 0 bridgehead atoms. The Hall–Kier alpha value is -0.260. The number of alkyl halides is 2. The van der Waals surface area contributed by atoms with Crippen molar-refractivity contribution in [3.63, 3.8) is 0 Å². The van der Waals surface area contributed by atoms with Gasteiger partial charge in [0.05, 0.1) is 12.7 Å². The fourth-order valence-corrected chi connectivity index (χ4v) is 3.03. The van der Waals surface area contributed by atoms with Crippen molar-refractivity contribution in [2.45, 2.75) is 37.7 Å². The van der Waals surface area contributed by atoms with Gasteiger partial charge in [-0.1, -0.05) is 0 Å². The quantitative estimate of drug-likeness (QED) is 0.835. The molecule has 0 aromatic heterocycles. The second kappa shape index (κ2) is 6.26. The Kier molecular flexibility index (Phi) is 4.92. The van der Waals surface area contributed by atoms with E-state index in [1.165, 1.54) is 0 Å². The van der Waals surface area contributed by atoms with Crippen LogP contribution in [-0.2, 0) is 4.74 Å². The molecule has 1 saturated carbocycles. The minimum absolute atomic E-state index is 0.0567. The van der Waals surface area contributed by atoms with E-state index in [1.807, 2.05) is 7.05 Å². The highest BCUT2D eigenvalue weighted by Gasteiger charge is 2.36. The zero-order valence-electron chi connectivity index (χ0n) is 11.1. The van der Waals surface area contributed by atoms with Crippen LogP contribution in [0.5, 0.6) is 0 Å². The van der Waals surface area contributed by atoms with Crippen molar-refractivity contribution in [2.75, 3.05) is 39.8 Å². The summed E-state index contributed by atoms with van der Waals surface area (Å²) < 4.78 is 32.2. The fraction of sp³-hybridized carbons (Fsp3) is 1.00. The van der Waals surface area contributed by atoms with Crippen LogP contribution in [0.15, 0.2) is 0 Å². The van der Waals surface area contributed by atoms with Gasteiger partial charge in [-0.3, -0.25) is 0 Å². The van der Waals surface area contributed by atoms with Gasteiger partial charge in [-0.2, -0.15) is 0 Å². The van der Waals surface area contributed by atoms with Crippen molar-refractivity contribution in [1.29, 1.82) is 0 Å². The number of hydrogen-bond donors (Lipinski definition) is 1. The number of rotatable bonds is 4. The first-order valence-corrected chi connectivity index (χ1v) is 6.94. The summed E-state index contributed by atoms with van der Waals surface area (Å²) in [4.78, 5) is 2.14. The lowest BCUT2D eigenvalue weighted by Crippen LogP contribution is -2.45. The van der Waals surface area contributed by atoms with E-state index in [9.17, 15) is 8.78 Å². The Labute approximate surface area is 108 Å². The molecule has 2 fully saturated rings. The summed E-state index contributed by atoms with van der Waals surface area (Å²) in [5.41, 5.74) is 0. The minimum atomic E-state index is -2.44. The third-order valence-corrected chi connectivity index (χ3v) is 3.83. The first-order valence-electron chi connectivity index (χ1n) is 6.94. The number of hydrogen-bond acceptors (Lipinski definition) is 3. The summed E-state index contributed by atoms with van der Waals surface area (Å²) in [6.07, 6.45) is 1.92. The largest absolute Gasteiger partial charge is 0.374 e. The fourth-order valence-electron chi connectivity index (χ4n) is 3.03. The van der Waals surface area contributed by atoms with E-state index in [4.69, 9.17) is 4.74 Å². The molecule has 0 aromatic rings. The number of ether oxygens (including phenoxy) is 1. The average molecular weight is 262 g/mol. The molecular weight excluding hydrogens is 238 g/mol. The highest BCUT2D eigenvalue weighted by atomic mass is 19.3. The first-order chi connectivity index (χ1) is 8.55. The van der Waals surface area contributed by atoms with Crippen LogP contribution in [0.4, 0.5) is 8.78 Å². The predicted octanol–water partition coefficient (Wildman–Crippen LogP) is 1.73.